The number of hydrogen-bond acceptors (Lipinski definition) is 7. The summed E-state index contributed by atoms with van der Waals surface area (Å²) >= 11 is 1.65. The molecule has 2 rings (SSSR count). The summed E-state index contributed by atoms with van der Waals surface area (Å²) in [5, 5.41) is -0.519. The molecule has 2 N–H and O–H groups in total. The first-order valence-corrected chi connectivity index (χ1v) is 8.67. The van der Waals surface area contributed by atoms with Crippen molar-refractivity contribution in [3.63, 3.8) is 0 Å². The van der Waals surface area contributed by atoms with Gasteiger partial charge in [0.15, 0.2) is 9.84 Å². The lowest BCUT2D eigenvalue weighted by Gasteiger charge is -2.34. The van der Waals surface area contributed by atoms with Crippen molar-refractivity contribution >= 4 is 27.4 Å². The molecule has 1 aromatic rings. The number of aromatic nitrogens is 2. The third-order valence-corrected chi connectivity index (χ3v) is 5.42. The first-order valence-electron chi connectivity index (χ1n) is 5.56. The Balaban J connectivity index is 2.28. The van der Waals surface area contributed by atoms with Gasteiger partial charge in [0.25, 0.3) is 0 Å². The van der Waals surface area contributed by atoms with Gasteiger partial charge in [-0.1, -0.05) is 0 Å². The number of hydrogen-bond donors (Lipinski definition) is 1. The molecule has 1 saturated heterocycles. The smallest absolute Gasteiger partial charge is 0.169 e. The van der Waals surface area contributed by atoms with E-state index in [0.717, 1.165) is 5.75 Å². The summed E-state index contributed by atoms with van der Waals surface area (Å²) < 4.78 is 23.5. The normalized spacial score (nSPS) is 21.0. The Hall–Kier alpha value is -0.860. The van der Waals surface area contributed by atoms with Crippen molar-refractivity contribution in [2.45, 2.75) is 11.9 Å². The molecular formula is C10H16N4O2S2. The Morgan fingerprint density at radius 1 is 1.50 bits per heavy atom. The molecule has 1 aliphatic rings. The molecule has 2 heterocycles. The van der Waals surface area contributed by atoms with Crippen LogP contribution in [0.2, 0.25) is 0 Å². The molecule has 1 aliphatic heterocycles. The van der Waals surface area contributed by atoms with E-state index in [-0.39, 0.29) is 0 Å². The monoisotopic (exact) mass is 288 g/mol. The van der Waals surface area contributed by atoms with Crippen molar-refractivity contribution in [3.8, 4) is 0 Å². The third kappa shape index (κ3) is 2.93. The second kappa shape index (κ2) is 5.41. The largest absolute Gasteiger partial charge is 0.337 e. The van der Waals surface area contributed by atoms with Gasteiger partial charge in [-0.05, 0) is 0 Å². The van der Waals surface area contributed by atoms with Crippen LogP contribution in [0.3, 0.4) is 0 Å². The van der Waals surface area contributed by atoms with Gasteiger partial charge < -0.3 is 10.6 Å². The number of nitrogens with two attached hydrogens (primary N) is 1. The topological polar surface area (TPSA) is 89.2 Å². The van der Waals surface area contributed by atoms with Crippen LogP contribution in [0.1, 0.15) is 5.69 Å². The highest BCUT2D eigenvalue weighted by atomic mass is 32.2. The van der Waals surface area contributed by atoms with Crippen LogP contribution in [0.15, 0.2) is 12.4 Å². The van der Waals surface area contributed by atoms with Gasteiger partial charge in [-0.2, -0.15) is 11.8 Å². The van der Waals surface area contributed by atoms with Crippen molar-refractivity contribution in [2.24, 2.45) is 5.73 Å². The Bertz CT molecular complexity index is 503. The average molecular weight is 288 g/mol. The van der Waals surface area contributed by atoms with Crippen molar-refractivity contribution in [2.75, 3.05) is 29.2 Å². The van der Waals surface area contributed by atoms with Gasteiger partial charge in [0.1, 0.15) is 11.2 Å². The molecule has 0 bridgehead atoms. The summed E-state index contributed by atoms with van der Waals surface area (Å²) in [5.74, 6) is 2.06. The first kappa shape index (κ1) is 13.6. The van der Waals surface area contributed by atoms with Gasteiger partial charge >= 0.3 is 0 Å². The number of sulfone groups is 1. The number of thioether (sulfide) groups is 1. The van der Waals surface area contributed by atoms with E-state index in [1.54, 1.807) is 29.1 Å². The Morgan fingerprint density at radius 3 is 2.83 bits per heavy atom. The van der Waals surface area contributed by atoms with Crippen LogP contribution in [0.25, 0.3) is 0 Å². The van der Waals surface area contributed by atoms with Crippen molar-refractivity contribution in [3.05, 3.63) is 18.1 Å². The fourth-order valence-electron chi connectivity index (χ4n) is 1.80. The second-order valence-electron chi connectivity index (χ2n) is 4.12. The molecule has 1 unspecified atom stereocenters. The van der Waals surface area contributed by atoms with Crippen LogP contribution in [-0.2, 0) is 16.4 Å². The van der Waals surface area contributed by atoms with Crippen LogP contribution >= 0.6 is 11.8 Å². The highest BCUT2D eigenvalue weighted by Crippen LogP contribution is 2.24. The minimum absolute atomic E-state index is 0.332. The molecular weight excluding hydrogens is 272 g/mol. The fraction of sp³-hybridized carbons (Fsp3) is 0.600. The predicted octanol–water partition coefficient (Wildman–Crippen LogP) is -0.141. The minimum Gasteiger partial charge on any atom is -0.337 e. The molecule has 1 aromatic heterocycles. The van der Waals surface area contributed by atoms with Gasteiger partial charge in [-0.3, -0.25) is 4.98 Å². The summed E-state index contributed by atoms with van der Waals surface area (Å²) in [6.07, 6.45) is 4.45. The summed E-state index contributed by atoms with van der Waals surface area (Å²) in [5.41, 5.74) is 6.15. The Morgan fingerprint density at radius 2 is 2.28 bits per heavy atom. The van der Waals surface area contributed by atoms with Crippen LogP contribution in [0.5, 0.6) is 0 Å². The number of rotatable bonds is 3. The zero-order valence-corrected chi connectivity index (χ0v) is 11.7. The summed E-state index contributed by atoms with van der Waals surface area (Å²) in [4.78, 5) is 10.2. The maximum atomic E-state index is 11.8. The van der Waals surface area contributed by atoms with Gasteiger partial charge in [0, 0.05) is 30.9 Å². The van der Waals surface area contributed by atoms with E-state index in [1.165, 1.54) is 6.26 Å². The SMILES string of the molecule is CS(=O)(=O)C1CSCCN1c1cnc(CN)cn1. The summed E-state index contributed by atoms with van der Waals surface area (Å²) in [6, 6.07) is 0. The molecule has 1 atom stereocenters. The summed E-state index contributed by atoms with van der Waals surface area (Å²) in [6.45, 7) is 0.998. The Kier molecular flexibility index (Phi) is 4.08. The fourth-order valence-corrected chi connectivity index (χ4v) is 4.63. The van der Waals surface area contributed by atoms with Crippen LogP contribution < -0.4 is 10.6 Å². The van der Waals surface area contributed by atoms with E-state index < -0.39 is 15.2 Å². The number of anilines is 1. The quantitative estimate of drug-likeness (QED) is 0.828. The highest BCUT2D eigenvalue weighted by Gasteiger charge is 2.31. The highest BCUT2D eigenvalue weighted by molar-refractivity contribution is 8.01. The predicted molar refractivity (Wildman–Crippen MR) is 73.2 cm³/mol. The minimum atomic E-state index is -3.13. The van der Waals surface area contributed by atoms with E-state index in [0.29, 0.717) is 30.4 Å². The maximum Gasteiger partial charge on any atom is 0.169 e. The van der Waals surface area contributed by atoms with Crippen LogP contribution in [0, 0.1) is 0 Å². The standard InChI is InChI=1S/C10H16N4O2S2/c1-18(15,16)10-7-17-3-2-14(10)9-6-12-8(4-11)5-13-9/h5-6,10H,2-4,7,11H2,1H3. The van der Waals surface area contributed by atoms with E-state index in [1.807, 2.05) is 0 Å². The molecule has 0 saturated carbocycles. The van der Waals surface area contributed by atoms with Crippen molar-refractivity contribution in [1.29, 1.82) is 0 Å². The molecule has 0 spiro atoms. The molecule has 6 nitrogen and oxygen atoms in total. The van der Waals surface area contributed by atoms with Gasteiger partial charge in [0.05, 0.1) is 18.1 Å². The van der Waals surface area contributed by atoms with Crippen molar-refractivity contribution < 1.29 is 8.42 Å². The van der Waals surface area contributed by atoms with Gasteiger partial charge in [-0.25, -0.2) is 13.4 Å². The van der Waals surface area contributed by atoms with Crippen LogP contribution in [-0.4, -0.2) is 48.1 Å². The molecule has 8 heteroatoms. The van der Waals surface area contributed by atoms with E-state index in [4.69, 9.17) is 5.73 Å². The van der Waals surface area contributed by atoms with E-state index in [9.17, 15) is 8.42 Å². The zero-order chi connectivity index (χ0) is 13.2. The van der Waals surface area contributed by atoms with E-state index >= 15 is 0 Å². The number of nitrogens with zero attached hydrogens (tertiary/aromatic N) is 3. The first-order chi connectivity index (χ1) is 8.52. The third-order valence-electron chi connectivity index (χ3n) is 2.77. The molecule has 18 heavy (non-hydrogen) atoms. The second-order valence-corrected chi connectivity index (χ2v) is 7.48. The van der Waals surface area contributed by atoms with Crippen LogP contribution in [0.4, 0.5) is 5.82 Å². The van der Waals surface area contributed by atoms with Crippen molar-refractivity contribution in [1.82, 2.24) is 9.97 Å². The van der Waals surface area contributed by atoms with Gasteiger partial charge in [0.2, 0.25) is 0 Å². The molecule has 0 amide bonds. The molecule has 0 aromatic carbocycles. The van der Waals surface area contributed by atoms with E-state index in [2.05, 4.69) is 9.97 Å². The lowest BCUT2D eigenvalue weighted by Crippen LogP contribution is -2.47. The van der Waals surface area contributed by atoms with Gasteiger partial charge in [-0.15, -0.1) is 0 Å². The average Bonchev–Trinajstić information content (AvgIpc) is 2.38. The zero-order valence-electron chi connectivity index (χ0n) is 10.1. The lowest BCUT2D eigenvalue weighted by atomic mass is 10.4. The molecule has 0 aliphatic carbocycles. The molecule has 0 radical (unpaired) electrons. The molecule has 100 valence electrons. The molecule has 1 fully saturated rings. The summed E-state index contributed by atoms with van der Waals surface area (Å²) in [7, 11) is -3.13. The lowest BCUT2D eigenvalue weighted by molar-refractivity contribution is 0.583. The Labute approximate surface area is 111 Å². The maximum absolute atomic E-state index is 11.8.